The number of piperazine rings is 1. The maximum absolute atomic E-state index is 12.3. The van der Waals surface area contributed by atoms with Crippen molar-refractivity contribution in [2.45, 2.75) is 26.8 Å². The molecule has 1 heterocycles. The smallest absolute Gasteiger partial charge is 0.242 e. The van der Waals surface area contributed by atoms with Crippen LogP contribution in [0.2, 0.25) is 0 Å². The zero-order valence-electron chi connectivity index (χ0n) is 14.8. The minimum Gasteiger partial charge on any atom is -0.368 e. The molecule has 6 nitrogen and oxygen atoms in total. The summed E-state index contributed by atoms with van der Waals surface area (Å²) in [6.07, 6.45) is 0. The first kappa shape index (κ1) is 18.3. The third-order valence-electron chi connectivity index (χ3n) is 4.38. The van der Waals surface area contributed by atoms with Crippen LogP contribution in [0.5, 0.6) is 0 Å². The van der Waals surface area contributed by atoms with Crippen LogP contribution in [0.4, 0.5) is 5.69 Å². The molecule has 6 heteroatoms. The van der Waals surface area contributed by atoms with Gasteiger partial charge in [0.05, 0.1) is 12.6 Å². The number of nitrogens with zero attached hydrogens (tertiary/aromatic N) is 2. The molecule has 24 heavy (non-hydrogen) atoms. The lowest BCUT2D eigenvalue weighted by Gasteiger charge is -2.36. The second-order valence-corrected chi connectivity index (χ2v) is 7.26. The highest BCUT2D eigenvalue weighted by Crippen LogP contribution is 2.17. The molecule has 1 aliphatic heterocycles. The maximum atomic E-state index is 12.3. The first-order chi connectivity index (χ1) is 11.3. The standard InChI is InChI=1S/C18H28N4O2/c1-18(2,3)16(19)17(24)20-13-15(23)22-11-9-21(10-12-22)14-7-5-4-6-8-14/h4-8,16H,9-13,19H2,1-3H3,(H,20,24)/t16-/m1/s1. The van der Waals surface area contributed by atoms with E-state index in [0.29, 0.717) is 13.1 Å². The zero-order chi connectivity index (χ0) is 17.7. The van der Waals surface area contributed by atoms with Crippen LogP contribution in [0, 0.1) is 5.41 Å². The van der Waals surface area contributed by atoms with Crippen molar-refractivity contribution in [3.05, 3.63) is 30.3 Å². The van der Waals surface area contributed by atoms with Crippen LogP contribution in [0.1, 0.15) is 20.8 Å². The predicted molar refractivity (Wildman–Crippen MR) is 95.7 cm³/mol. The van der Waals surface area contributed by atoms with Crippen molar-refractivity contribution in [3.63, 3.8) is 0 Å². The number of carbonyl (C=O) groups excluding carboxylic acids is 2. The summed E-state index contributed by atoms with van der Waals surface area (Å²) in [5.41, 5.74) is 6.75. The molecule has 0 aliphatic carbocycles. The molecule has 1 fully saturated rings. The number of rotatable bonds is 4. The van der Waals surface area contributed by atoms with E-state index in [9.17, 15) is 9.59 Å². The Kier molecular flexibility index (Phi) is 5.83. The van der Waals surface area contributed by atoms with Crippen LogP contribution in [0.3, 0.4) is 0 Å². The molecule has 132 valence electrons. The highest BCUT2D eigenvalue weighted by Gasteiger charge is 2.28. The van der Waals surface area contributed by atoms with Crippen LogP contribution in [0.15, 0.2) is 30.3 Å². The minimum atomic E-state index is -0.625. The van der Waals surface area contributed by atoms with Crippen LogP contribution in [-0.4, -0.2) is 55.5 Å². The quantitative estimate of drug-likeness (QED) is 0.856. The Hall–Kier alpha value is -2.08. The summed E-state index contributed by atoms with van der Waals surface area (Å²) >= 11 is 0. The van der Waals surface area contributed by atoms with Gasteiger partial charge in [0.2, 0.25) is 11.8 Å². The van der Waals surface area contributed by atoms with Crippen LogP contribution in [0.25, 0.3) is 0 Å². The molecule has 1 aromatic carbocycles. The second-order valence-electron chi connectivity index (χ2n) is 7.26. The molecule has 2 rings (SSSR count). The lowest BCUT2D eigenvalue weighted by Crippen LogP contribution is -2.54. The van der Waals surface area contributed by atoms with Crippen molar-refractivity contribution in [2.24, 2.45) is 11.1 Å². The van der Waals surface area contributed by atoms with Crippen LogP contribution in [-0.2, 0) is 9.59 Å². The molecule has 0 aromatic heterocycles. The van der Waals surface area contributed by atoms with Gasteiger partial charge in [0, 0.05) is 31.9 Å². The Morgan fingerprint density at radius 1 is 1.12 bits per heavy atom. The summed E-state index contributed by atoms with van der Waals surface area (Å²) in [5.74, 6) is -0.337. The van der Waals surface area contributed by atoms with Crippen molar-refractivity contribution in [2.75, 3.05) is 37.6 Å². The average molecular weight is 332 g/mol. The average Bonchev–Trinajstić information content (AvgIpc) is 2.58. The van der Waals surface area contributed by atoms with E-state index in [1.807, 2.05) is 39.0 Å². The van der Waals surface area contributed by atoms with Gasteiger partial charge in [-0.05, 0) is 17.5 Å². The van der Waals surface area contributed by atoms with Crippen molar-refractivity contribution in [1.82, 2.24) is 10.2 Å². The Balaban J connectivity index is 1.78. The molecule has 0 bridgehead atoms. The van der Waals surface area contributed by atoms with E-state index in [1.54, 1.807) is 4.90 Å². The number of amides is 2. The molecule has 1 saturated heterocycles. The van der Waals surface area contributed by atoms with Gasteiger partial charge in [-0.3, -0.25) is 9.59 Å². The topological polar surface area (TPSA) is 78.7 Å². The molecule has 2 amide bonds. The fraction of sp³-hybridized carbons (Fsp3) is 0.556. The number of anilines is 1. The van der Waals surface area contributed by atoms with Crippen molar-refractivity contribution in [1.29, 1.82) is 0 Å². The molecule has 1 aliphatic rings. The third-order valence-corrected chi connectivity index (χ3v) is 4.38. The Morgan fingerprint density at radius 2 is 1.71 bits per heavy atom. The van der Waals surface area contributed by atoms with E-state index in [0.717, 1.165) is 13.1 Å². The Morgan fingerprint density at radius 3 is 2.25 bits per heavy atom. The predicted octanol–water partition coefficient (Wildman–Crippen LogP) is 0.825. The molecule has 1 aromatic rings. The van der Waals surface area contributed by atoms with Crippen LogP contribution < -0.4 is 16.0 Å². The number of hydrogen-bond acceptors (Lipinski definition) is 4. The summed E-state index contributed by atoms with van der Waals surface area (Å²) < 4.78 is 0. The van der Waals surface area contributed by atoms with Crippen LogP contribution >= 0.6 is 0 Å². The van der Waals surface area contributed by atoms with Gasteiger partial charge < -0.3 is 20.9 Å². The minimum absolute atomic E-state index is 0.00789. The largest absolute Gasteiger partial charge is 0.368 e. The summed E-state index contributed by atoms with van der Waals surface area (Å²) in [6, 6.07) is 9.55. The summed E-state index contributed by atoms with van der Waals surface area (Å²) in [6.45, 7) is 8.64. The highest BCUT2D eigenvalue weighted by atomic mass is 16.2. The van der Waals surface area contributed by atoms with Gasteiger partial charge in [-0.1, -0.05) is 39.0 Å². The molecular weight excluding hydrogens is 304 g/mol. The summed E-state index contributed by atoms with van der Waals surface area (Å²) in [4.78, 5) is 28.3. The molecule has 0 unspecified atom stereocenters. The molecule has 0 saturated carbocycles. The van der Waals surface area contributed by atoms with Gasteiger partial charge in [0.25, 0.3) is 0 Å². The lowest BCUT2D eigenvalue weighted by atomic mass is 9.87. The molecule has 0 spiro atoms. The van der Waals surface area contributed by atoms with Gasteiger partial charge in [0.15, 0.2) is 0 Å². The van der Waals surface area contributed by atoms with E-state index < -0.39 is 6.04 Å². The van der Waals surface area contributed by atoms with Gasteiger partial charge in [-0.15, -0.1) is 0 Å². The summed E-state index contributed by atoms with van der Waals surface area (Å²) in [5, 5.41) is 2.66. The molecule has 0 radical (unpaired) electrons. The van der Waals surface area contributed by atoms with Crippen molar-refractivity contribution >= 4 is 17.5 Å². The van der Waals surface area contributed by atoms with E-state index in [4.69, 9.17) is 5.73 Å². The second kappa shape index (κ2) is 7.66. The summed E-state index contributed by atoms with van der Waals surface area (Å²) in [7, 11) is 0. The van der Waals surface area contributed by atoms with E-state index in [1.165, 1.54) is 5.69 Å². The van der Waals surface area contributed by atoms with E-state index >= 15 is 0 Å². The molecule has 1 atom stereocenters. The first-order valence-electron chi connectivity index (χ1n) is 8.40. The number of para-hydroxylation sites is 1. The SMILES string of the molecule is CC(C)(C)[C@H](N)C(=O)NCC(=O)N1CCN(c2ccccc2)CC1. The van der Waals surface area contributed by atoms with E-state index in [-0.39, 0.29) is 23.8 Å². The number of nitrogens with two attached hydrogens (primary N) is 1. The fourth-order valence-corrected chi connectivity index (χ4v) is 2.63. The first-order valence-corrected chi connectivity index (χ1v) is 8.40. The number of carbonyl (C=O) groups is 2. The Labute approximate surface area is 144 Å². The molecule has 3 N–H and O–H groups in total. The highest BCUT2D eigenvalue weighted by molar-refractivity contribution is 5.87. The fourth-order valence-electron chi connectivity index (χ4n) is 2.63. The zero-order valence-corrected chi connectivity index (χ0v) is 14.8. The number of nitrogens with one attached hydrogen (secondary N) is 1. The van der Waals surface area contributed by atoms with Crippen molar-refractivity contribution in [3.8, 4) is 0 Å². The monoisotopic (exact) mass is 332 g/mol. The normalized spacial score (nSPS) is 16.7. The maximum Gasteiger partial charge on any atom is 0.242 e. The van der Waals surface area contributed by atoms with Gasteiger partial charge >= 0.3 is 0 Å². The number of benzene rings is 1. The van der Waals surface area contributed by atoms with Crippen molar-refractivity contribution < 1.29 is 9.59 Å². The third kappa shape index (κ3) is 4.71. The van der Waals surface area contributed by atoms with Gasteiger partial charge in [0.1, 0.15) is 0 Å². The Bertz CT molecular complexity index is 560. The van der Waals surface area contributed by atoms with Gasteiger partial charge in [-0.2, -0.15) is 0 Å². The lowest BCUT2D eigenvalue weighted by molar-refractivity contribution is -0.134. The number of hydrogen-bond donors (Lipinski definition) is 2. The van der Waals surface area contributed by atoms with E-state index in [2.05, 4.69) is 22.3 Å². The van der Waals surface area contributed by atoms with Gasteiger partial charge in [-0.25, -0.2) is 0 Å². The molecular formula is C18H28N4O2.